The summed E-state index contributed by atoms with van der Waals surface area (Å²) in [5, 5.41) is 13.7. The van der Waals surface area contributed by atoms with E-state index >= 15 is 0 Å². The monoisotopic (exact) mass is 231 g/mol. The Bertz CT molecular complexity index is 467. The van der Waals surface area contributed by atoms with Crippen molar-refractivity contribution < 1.29 is 0 Å². The lowest BCUT2D eigenvalue weighted by Gasteiger charge is -2.19. The Labute approximate surface area is 100 Å². The lowest BCUT2D eigenvalue weighted by atomic mass is 9.86. The number of nitrogens with one attached hydrogen (secondary N) is 1. The average Bonchev–Trinajstić information content (AvgIpc) is 2.80. The maximum absolute atomic E-state index is 6.03. The first-order valence-electron chi connectivity index (χ1n) is 5.58. The van der Waals surface area contributed by atoms with E-state index in [1.165, 1.54) is 5.56 Å². The molecule has 0 bridgehead atoms. The van der Waals surface area contributed by atoms with Gasteiger partial charge in [0.25, 0.3) is 0 Å². The van der Waals surface area contributed by atoms with Gasteiger partial charge in [0, 0.05) is 0 Å². The molecule has 1 unspecified atom stereocenters. The van der Waals surface area contributed by atoms with Gasteiger partial charge in [0.1, 0.15) is 0 Å². The van der Waals surface area contributed by atoms with Gasteiger partial charge in [0.05, 0.1) is 6.04 Å². The molecule has 0 saturated heterocycles. The molecular weight excluding hydrogens is 214 g/mol. The third-order valence-corrected chi connectivity index (χ3v) is 2.78. The molecule has 2 rings (SSSR count). The molecule has 0 aliphatic rings. The zero-order chi connectivity index (χ0) is 12.5. The Hall–Kier alpha value is -1.75. The van der Waals surface area contributed by atoms with Gasteiger partial charge in [-0.2, -0.15) is 5.21 Å². The van der Waals surface area contributed by atoms with E-state index in [2.05, 4.69) is 53.5 Å². The van der Waals surface area contributed by atoms with Crippen LogP contribution in [0.4, 0.5) is 0 Å². The summed E-state index contributed by atoms with van der Waals surface area (Å²) >= 11 is 0. The minimum atomic E-state index is -0.331. The fourth-order valence-electron chi connectivity index (χ4n) is 1.64. The first kappa shape index (κ1) is 11.7. The number of hydrogen-bond donors (Lipinski definition) is 2. The summed E-state index contributed by atoms with van der Waals surface area (Å²) in [6, 6.07) is 7.89. The van der Waals surface area contributed by atoms with Gasteiger partial charge < -0.3 is 5.73 Å². The van der Waals surface area contributed by atoms with E-state index < -0.39 is 0 Å². The van der Waals surface area contributed by atoms with Crippen molar-refractivity contribution in [2.24, 2.45) is 5.73 Å². The first-order chi connectivity index (χ1) is 7.98. The predicted molar refractivity (Wildman–Crippen MR) is 65.4 cm³/mol. The molecule has 90 valence electrons. The Balaban J connectivity index is 2.24. The van der Waals surface area contributed by atoms with Crippen molar-refractivity contribution in [3.8, 4) is 0 Å². The second kappa shape index (κ2) is 4.25. The summed E-state index contributed by atoms with van der Waals surface area (Å²) < 4.78 is 0. The Morgan fingerprint density at radius 1 is 1.18 bits per heavy atom. The summed E-state index contributed by atoms with van der Waals surface area (Å²) in [5.74, 6) is 0.508. The normalized spacial score (nSPS) is 13.6. The van der Waals surface area contributed by atoms with Crippen molar-refractivity contribution in [1.82, 2.24) is 20.6 Å². The van der Waals surface area contributed by atoms with Gasteiger partial charge in [0.2, 0.25) is 0 Å². The Morgan fingerprint density at radius 3 is 2.29 bits per heavy atom. The fourth-order valence-corrected chi connectivity index (χ4v) is 1.64. The number of benzene rings is 1. The van der Waals surface area contributed by atoms with Crippen molar-refractivity contribution >= 4 is 0 Å². The van der Waals surface area contributed by atoms with Gasteiger partial charge in [-0.3, -0.25) is 0 Å². The highest BCUT2D eigenvalue weighted by Gasteiger charge is 2.16. The fraction of sp³-hybridized carbons (Fsp3) is 0.417. The third-order valence-electron chi connectivity index (χ3n) is 2.78. The van der Waals surface area contributed by atoms with Crippen LogP contribution in [0.15, 0.2) is 24.3 Å². The molecule has 1 aromatic heterocycles. The first-order valence-corrected chi connectivity index (χ1v) is 5.58. The highest BCUT2D eigenvalue weighted by atomic mass is 15.5. The summed E-state index contributed by atoms with van der Waals surface area (Å²) in [4.78, 5) is 0. The van der Waals surface area contributed by atoms with Crippen LogP contribution in [-0.2, 0) is 5.41 Å². The maximum atomic E-state index is 6.03. The van der Waals surface area contributed by atoms with Crippen LogP contribution >= 0.6 is 0 Å². The van der Waals surface area contributed by atoms with Crippen LogP contribution in [0.25, 0.3) is 0 Å². The second-order valence-electron chi connectivity index (χ2n) is 5.12. The topological polar surface area (TPSA) is 80.5 Å². The van der Waals surface area contributed by atoms with Crippen LogP contribution in [0.5, 0.6) is 0 Å². The van der Waals surface area contributed by atoms with Gasteiger partial charge in [-0.25, -0.2) is 0 Å². The highest BCUT2D eigenvalue weighted by Crippen LogP contribution is 2.24. The van der Waals surface area contributed by atoms with E-state index in [0.29, 0.717) is 5.82 Å². The van der Waals surface area contributed by atoms with Crippen molar-refractivity contribution in [1.29, 1.82) is 0 Å². The van der Waals surface area contributed by atoms with Crippen molar-refractivity contribution in [3.63, 3.8) is 0 Å². The molecule has 0 aliphatic heterocycles. The molecule has 1 atom stereocenters. The predicted octanol–water partition coefficient (Wildman–Crippen LogP) is 1.55. The number of hydrogen-bond acceptors (Lipinski definition) is 4. The van der Waals surface area contributed by atoms with Gasteiger partial charge in [0.15, 0.2) is 5.82 Å². The molecule has 1 heterocycles. The summed E-state index contributed by atoms with van der Waals surface area (Å²) in [5.41, 5.74) is 8.45. The quantitative estimate of drug-likeness (QED) is 0.821. The largest absolute Gasteiger partial charge is 0.318 e. The molecule has 17 heavy (non-hydrogen) atoms. The molecule has 3 N–H and O–H groups in total. The third kappa shape index (κ3) is 2.50. The van der Waals surface area contributed by atoms with E-state index in [-0.39, 0.29) is 11.5 Å². The van der Waals surface area contributed by atoms with E-state index in [1.807, 2.05) is 12.1 Å². The molecular formula is C12H17N5. The van der Waals surface area contributed by atoms with Gasteiger partial charge in [-0.05, 0) is 16.5 Å². The zero-order valence-corrected chi connectivity index (χ0v) is 10.3. The van der Waals surface area contributed by atoms with Crippen molar-refractivity contribution in [2.45, 2.75) is 32.2 Å². The molecule has 2 aromatic rings. The van der Waals surface area contributed by atoms with Gasteiger partial charge in [-0.15, -0.1) is 10.2 Å². The molecule has 0 aliphatic carbocycles. The minimum Gasteiger partial charge on any atom is -0.318 e. The van der Waals surface area contributed by atoms with Crippen molar-refractivity contribution in [2.75, 3.05) is 0 Å². The number of nitrogens with two attached hydrogens (primary N) is 1. The molecule has 5 heteroatoms. The van der Waals surface area contributed by atoms with E-state index in [4.69, 9.17) is 5.73 Å². The van der Waals surface area contributed by atoms with Crippen LogP contribution in [0.3, 0.4) is 0 Å². The molecule has 0 amide bonds. The number of rotatable bonds is 2. The van der Waals surface area contributed by atoms with Crippen LogP contribution in [0.2, 0.25) is 0 Å². The lowest BCUT2D eigenvalue weighted by Crippen LogP contribution is -2.15. The molecule has 5 nitrogen and oxygen atoms in total. The summed E-state index contributed by atoms with van der Waals surface area (Å²) in [6.07, 6.45) is 0. The minimum absolute atomic E-state index is 0.148. The number of aromatic amines is 1. The lowest BCUT2D eigenvalue weighted by molar-refractivity contribution is 0.589. The zero-order valence-electron chi connectivity index (χ0n) is 10.3. The highest BCUT2D eigenvalue weighted by molar-refractivity contribution is 5.31. The van der Waals surface area contributed by atoms with Gasteiger partial charge in [-0.1, -0.05) is 50.3 Å². The van der Waals surface area contributed by atoms with E-state index in [9.17, 15) is 0 Å². The van der Waals surface area contributed by atoms with E-state index in [1.54, 1.807) is 0 Å². The molecule has 0 saturated carbocycles. The number of H-pyrrole nitrogens is 1. The van der Waals surface area contributed by atoms with Crippen molar-refractivity contribution in [3.05, 3.63) is 41.2 Å². The molecule has 1 aromatic carbocycles. The summed E-state index contributed by atoms with van der Waals surface area (Å²) in [6.45, 7) is 6.55. The van der Waals surface area contributed by atoms with Crippen LogP contribution in [0, 0.1) is 0 Å². The van der Waals surface area contributed by atoms with Crippen LogP contribution in [0.1, 0.15) is 43.8 Å². The number of tetrazole rings is 1. The average molecular weight is 231 g/mol. The second-order valence-corrected chi connectivity index (χ2v) is 5.12. The molecule has 0 radical (unpaired) electrons. The van der Waals surface area contributed by atoms with Gasteiger partial charge >= 0.3 is 0 Å². The molecule has 0 fully saturated rings. The standard InChI is InChI=1S/C12H17N5/c1-12(2,3)9-6-4-8(5-7-9)10(13)11-14-16-17-15-11/h4-7,10H,13H2,1-3H3,(H,14,15,16,17). The van der Waals surface area contributed by atoms with Crippen LogP contribution in [-0.4, -0.2) is 20.6 Å². The van der Waals surface area contributed by atoms with E-state index in [0.717, 1.165) is 5.56 Å². The maximum Gasteiger partial charge on any atom is 0.195 e. The SMILES string of the molecule is CC(C)(C)c1ccc(C(N)c2nn[nH]n2)cc1. The Kier molecular flexibility index (Phi) is 2.93. The van der Waals surface area contributed by atoms with Crippen LogP contribution < -0.4 is 5.73 Å². The summed E-state index contributed by atoms with van der Waals surface area (Å²) in [7, 11) is 0. The number of aromatic nitrogens is 4. The number of nitrogens with zero attached hydrogens (tertiary/aromatic N) is 3. The molecule has 0 spiro atoms. The Morgan fingerprint density at radius 2 is 1.82 bits per heavy atom. The smallest absolute Gasteiger partial charge is 0.195 e.